The molecule has 0 saturated carbocycles. The summed E-state index contributed by atoms with van der Waals surface area (Å²) in [6, 6.07) is 0.701. The lowest BCUT2D eigenvalue weighted by molar-refractivity contribution is -0.138. The van der Waals surface area contributed by atoms with Crippen LogP contribution in [0.2, 0.25) is 5.15 Å². The minimum absolute atomic E-state index is 0.147. The number of aromatic nitrogens is 1. The Morgan fingerprint density at radius 1 is 1.56 bits per heavy atom. The van der Waals surface area contributed by atoms with Crippen LogP contribution >= 0.6 is 11.6 Å². The molecule has 18 heavy (non-hydrogen) atoms. The van der Waals surface area contributed by atoms with Crippen molar-refractivity contribution in [3.8, 4) is 0 Å². The molecule has 1 aromatic heterocycles. The molecule has 0 atom stereocenters. The van der Waals surface area contributed by atoms with Crippen molar-refractivity contribution in [3.63, 3.8) is 0 Å². The molecule has 0 N–H and O–H groups in total. The van der Waals surface area contributed by atoms with E-state index in [-0.39, 0.29) is 17.3 Å². The number of carbonyl (C=O) groups is 1. The monoisotopic (exact) mass is 279 g/mol. The molecule has 0 fully saturated rings. The quantitative estimate of drug-likeness (QED) is 0.484. The molecule has 0 aliphatic rings. The molecule has 7 heteroatoms. The molecule has 3 nitrogen and oxygen atoms in total. The number of alkyl halides is 3. The van der Waals surface area contributed by atoms with Crippen LogP contribution in [-0.4, -0.2) is 17.6 Å². The van der Waals surface area contributed by atoms with E-state index in [2.05, 4.69) is 9.72 Å². The molecule has 0 spiro atoms. The molecule has 0 aliphatic carbocycles. The molecule has 0 radical (unpaired) electrons. The average Bonchev–Trinajstić information content (AvgIpc) is 2.26. The van der Waals surface area contributed by atoms with E-state index in [9.17, 15) is 18.0 Å². The van der Waals surface area contributed by atoms with E-state index < -0.39 is 17.7 Å². The van der Waals surface area contributed by atoms with Crippen molar-refractivity contribution in [1.29, 1.82) is 0 Å². The summed E-state index contributed by atoms with van der Waals surface area (Å²) in [5.41, 5.74) is -1.21. The second-order valence-electron chi connectivity index (χ2n) is 3.18. The van der Waals surface area contributed by atoms with Crippen LogP contribution in [-0.2, 0) is 15.7 Å². The highest BCUT2D eigenvalue weighted by Gasteiger charge is 2.33. The molecule has 0 aliphatic heterocycles. The van der Waals surface area contributed by atoms with Crippen LogP contribution in [0.1, 0.15) is 18.1 Å². The smallest absolute Gasteiger partial charge is 0.417 e. The summed E-state index contributed by atoms with van der Waals surface area (Å²) in [4.78, 5) is 14.5. The molecule has 0 aromatic carbocycles. The van der Waals surface area contributed by atoms with E-state index >= 15 is 0 Å². The molecule has 0 bridgehead atoms. The van der Waals surface area contributed by atoms with Crippen LogP contribution in [0.15, 0.2) is 18.3 Å². The summed E-state index contributed by atoms with van der Waals surface area (Å²) in [5.74, 6) is -0.722. The number of ether oxygens (including phenoxy) is 1. The van der Waals surface area contributed by atoms with Gasteiger partial charge in [-0.15, -0.1) is 0 Å². The van der Waals surface area contributed by atoms with Gasteiger partial charge in [0, 0.05) is 17.8 Å². The molecule has 1 heterocycles. The second-order valence-corrected chi connectivity index (χ2v) is 3.56. The Labute approximate surface area is 106 Å². The van der Waals surface area contributed by atoms with Gasteiger partial charge in [-0.1, -0.05) is 11.6 Å². The summed E-state index contributed by atoms with van der Waals surface area (Å²) in [6.45, 7) is 1.74. The molecular weight excluding hydrogens is 271 g/mol. The van der Waals surface area contributed by atoms with Crippen molar-refractivity contribution in [3.05, 3.63) is 34.6 Å². The number of nitrogens with zero attached hydrogens (tertiary/aromatic N) is 1. The van der Waals surface area contributed by atoms with Gasteiger partial charge in [0.25, 0.3) is 0 Å². The van der Waals surface area contributed by atoms with Crippen LogP contribution in [0.25, 0.3) is 6.08 Å². The van der Waals surface area contributed by atoms with Crippen molar-refractivity contribution < 1.29 is 22.7 Å². The summed E-state index contributed by atoms with van der Waals surface area (Å²) in [7, 11) is 0. The lowest BCUT2D eigenvalue weighted by atomic mass is 10.1. The van der Waals surface area contributed by atoms with Crippen LogP contribution in [0.3, 0.4) is 0 Å². The van der Waals surface area contributed by atoms with Gasteiger partial charge in [-0.2, -0.15) is 13.2 Å². The third-order valence-electron chi connectivity index (χ3n) is 1.89. The number of rotatable bonds is 3. The third kappa shape index (κ3) is 4.03. The Morgan fingerprint density at radius 3 is 2.78 bits per heavy atom. The molecular formula is C11H9ClF3NO2. The van der Waals surface area contributed by atoms with E-state index in [0.29, 0.717) is 6.07 Å². The second kappa shape index (κ2) is 5.86. The van der Waals surface area contributed by atoms with Gasteiger partial charge in [0.1, 0.15) is 5.15 Å². The van der Waals surface area contributed by atoms with Gasteiger partial charge < -0.3 is 4.74 Å². The molecule has 0 unspecified atom stereocenters. The number of esters is 1. The van der Waals surface area contributed by atoms with E-state index in [1.54, 1.807) is 6.92 Å². The Kier molecular flexibility index (Phi) is 4.72. The topological polar surface area (TPSA) is 39.2 Å². The maximum absolute atomic E-state index is 12.7. The first-order valence-electron chi connectivity index (χ1n) is 4.92. The first kappa shape index (κ1) is 14.5. The van der Waals surface area contributed by atoms with Gasteiger partial charge in [0.05, 0.1) is 12.2 Å². The highest BCUT2D eigenvalue weighted by Crippen LogP contribution is 2.33. The van der Waals surface area contributed by atoms with Crippen molar-refractivity contribution >= 4 is 23.6 Å². The van der Waals surface area contributed by atoms with E-state index in [4.69, 9.17) is 11.6 Å². The highest BCUT2D eigenvalue weighted by atomic mass is 35.5. The Balaban J connectivity index is 3.06. The fourth-order valence-corrected chi connectivity index (χ4v) is 1.32. The zero-order valence-electron chi connectivity index (χ0n) is 9.29. The lowest BCUT2D eigenvalue weighted by Crippen LogP contribution is -2.08. The predicted molar refractivity (Wildman–Crippen MR) is 59.9 cm³/mol. The van der Waals surface area contributed by atoms with Crippen molar-refractivity contribution in [2.45, 2.75) is 13.1 Å². The molecule has 1 aromatic rings. The van der Waals surface area contributed by atoms with Gasteiger partial charge in [-0.25, -0.2) is 9.78 Å². The molecule has 0 amide bonds. The normalized spacial score (nSPS) is 11.8. The first-order chi connectivity index (χ1) is 8.34. The number of carbonyl (C=O) groups excluding carboxylic acids is 1. The zero-order chi connectivity index (χ0) is 13.8. The summed E-state index contributed by atoms with van der Waals surface area (Å²) in [5, 5.41) is -0.268. The fourth-order valence-electron chi connectivity index (χ4n) is 1.17. The average molecular weight is 280 g/mol. The molecule has 0 saturated heterocycles. The number of hydrogen-bond acceptors (Lipinski definition) is 3. The lowest BCUT2D eigenvalue weighted by Gasteiger charge is -2.09. The molecule has 98 valence electrons. The SMILES string of the molecule is CCOC(=O)C=Cc1cnc(Cl)cc1C(F)(F)F. The third-order valence-corrected chi connectivity index (χ3v) is 2.10. The Bertz CT molecular complexity index is 472. The Morgan fingerprint density at radius 2 is 2.22 bits per heavy atom. The van der Waals surface area contributed by atoms with Crippen LogP contribution in [0.5, 0.6) is 0 Å². The number of hydrogen-bond donors (Lipinski definition) is 0. The summed E-state index contributed by atoms with van der Waals surface area (Å²) < 4.78 is 42.6. The largest absolute Gasteiger partial charge is 0.463 e. The van der Waals surface area contributed by atoms with Crippen LogP contribution in [0, 0.1) is 0 Å². The minimum atomic E-state index is -4.57. The van der Waals surface area contributed by atoms with E-state index in [1.165, 1.54) is 0 Å². The standard InChI is InChI=1S/C11H9ClF3NO2/c1-2-18-10(17)4-3-7-6-16-9(12)5-8(7)11(13,14)15/h3-6H,2H2,1H3. The zero-order valence-corrected chi connectivity index (χ0v) is 10.0. The number of pyridine rings is 1. The van der Waals surface area contributed by atoms with Gasteiger partial charge in [-0.3, -0.25) is 0 Å². The first-order valence-corrected chi connectivity index (χ1v) is 5.30. The maximum atomic E-state index is 12.7. The number of halogens is 4. The summed E-state index contributed by atoms with van der Waals surface area (Å²) >= 11 is 5.41. The van der Waals surface area contributed by atoms with E-state index in [1.807, 2.05) is 0 Å². The van der Waals surface area contributed by atoms with Crippen LogP contribution in [0.4, 0.5) is 13.2 Å². The fraction of sp³-hybridized carbons (Fsp3) is 0.273. The minimum Gasteiger partial charge on any atom is -0.463 e. The van der Waals surface area contributed by atoms with Crippen molar-refractivity contribution in [1.82, 2.24) is 4.98 Å². The van der Waals surface area contributed by atoms with Gasteiger partial charge in [0.2, 0.25) is 0 Å². The Hall–Kier alpha value is -1.56. The van der Waals surface area contributed by atoms with Gasteiger partial charge in [0.15, 0.2) is 0 Å². The van der Waals surface area contributed by atoms with Gasteiger partial charge >= 0.3 is 12.1 Å². The van der Waals surface area contributed by atoms with Gasteiger partial charge in [-0.05, 0) is 19.1 Å². The summed E-state index contributed by atoms with van der Waals surface area (Å²) in [6.07, 6.45) is -1.73. The van der Waals surface area contributed by atoms with Crippen molar-refractivity contribution in [2.75, 3.05) is 6.61 Å². The van der Waals surface area contributed by atoms with Crippen molar-refractivity contribution in [2.24, 2.45) is 0 Å². The highest BCUT2D eigenvalue weighted by molar-refractivity contribution is 6.29. The molecule has 1 rings (SSSR count). The van der Waals surface area contributed by atoms with E-state index in [0.717, 1.165) is 18.3 Å². The van der Waals surface area contributed by atoms with Crippen LogP contribution < -0.4 is 0 Å². The predicted octanol–water partition coefficient (Wildman–Crippen LogP) is 3.33. The maximum Gasteiger partial charge on any atom is 0.417 e.